The second-order valence-electron chi connectivity index (χ2n) is 5.64. The SMILES string of the molecule is CCNC(=NCc1ccc(Cl)nc1)NCC(C)Oc1ccccc1OC.I. The predicted molar refractivity (Wildman–Crippen MR) is 121 cm³/mol. The lowest BCUT2D eigenvalue weighted by molar-refractivity contribution is 0.213. The van der Waals surface area contributed by atoms with Crippen LogP contribution in [0.15, 0.2) is 47.6 Å². The van der Waals surface area contributed by atoms with Gasteiger partial charge in [-0.3, -0.25) is 0 Å². The quantitative estimate of drug-likeness (QED) is 0.247. The number of methoxy groups -OCH3 is 1. The van der Waals surface area contributed by atoms with Gasteiger partial charge in [-0.25, -0.2) is 9.98 Å². The van der Waals surface area contributed by atoms with Crippen molar-refractivity contribution in [2.45, 2.75) is 26.5 Å². The van der Waals surface area contributed by atoms with Crippen LogP contribution in [0.1, 0.15) is 19.4 Å². The van der Waals surface area contributed by atoms with Gasteiger partial charge in [-0.1, -0.05) is 29.8 Å². The second kappa shape index (κ2) is 12.6. The summed E-state index contributed by atoms with van der Waals surface area (Å²) in [6, 6.07) is 11.3. The van der Waals surface area contributed by atoms with Gasteiger partial charge >= 0.3 is 0 Å². The first-order valence-electron chi connectivity index (χ1n) is 8.54. The molecule has 2 N–H and O–H groups in total. The highest BCUT2D eigenvalue weighted by Gasteiger charge is 2.09. The number of nitrogens with one attached hydrogen (secondary N) is 2. The van der Waals surface area contributed by atoms with Gasteiger partial charge < -0.3 is 20.1 Å². The van der Waals surface area contributed by atoms with Crippen LogP contribution in [0.5, 0.6) is 11.5 Å². The Hall–Kier alpha value is -1.74. The summed E-state index contributed by atoms with van der Waals surface area (Å²) in [6.45, 7) is 5.90. The number of benzene rings is 1. The third kappa shape index (κ3) is 8.21. The van der Waals surface area contributed by atoms with Gasteiger partial charge in [0.05, 0.1) is 20.2 Å². The second-order valence-corrected chi connectivity index (χ2v) is 6.03. The fourth-order valence-corrected chi connectivity index (χ4v) is 2.34. The fourth-order valence-electron chi connectivity index (χ4n) is 2.23. The summed E-state index contributed by atoms with van der Waals surface area (Å²) in [7, 11) is 1.63. The molecule has 1 unspecified atom stereocenters. The van der Waals surface area contributed by atoms with E-state index in [1.165, 1.54) is 0 Å². The zero-order chi connectivity index (χ0) is 18.8. The van der Waals surface area contributed by atoms with Crippen molar-refractivity contribution in [2.24, 2.45) is 4.99 Å². The van der Waals surface area contributed by atoms with Crippen LogP contribution in [0.4, 0.5) is 0 Å². The molecule has 0 fully saturated rings. The summed E-state index contributed by atoms with van der Waals surface area (Å²) < 4.78 is 11.3. The fraction of sp³-hybridized carbons (Fsp3) is 0.368. The van der Waals surface area contributed by atoms with Crippen LogP contribution < -0.4 is 20.1 Å². The first kappa shape index (κ1) is 23.3. The third-order valence-corrected chi connectivity index (χ3v) is 3.73. The van der Waals surface area contributed by atoms with Crippen LogP contribution in [0.3, 0.4) is 0 Å². The highest BCUT2D eigenvalue weighted by Crippen LogP contribution is 2.26. The Morgan fingerprint density at radius 1 is 1.19 bits per heavy atom. The number of guanidine groups is 1. The molecule has 0 spiro atoms. The Morgan fingerprint density at radius 2 is 1.93 bits per heavy atom. The van der Waals surface area contributed by atoms with E-state index in [0.29, 0.717) is 18.2 Å². The molecule has 1 aromatic heterocycles. The normalized spacial score (nSPS) is 11.9. The highest BCUT2D eigenvalue weighted by atomic mass is 127. The van der Waals surface area contributed by atoms with Crippen LogP contribution >= 0.6 is 35.6 Å². The number of rotatable bonds is 8. The van der Waals surface area contributed by atoms with Gasteiger partial charge in [0.25, 0.3) is 0 Å². The topological polar surface area (TPSA) is 67.8 Å². The summed E-state index contributed by atoms with van der Waals surface area (Å²) in [6.07, 6.45) is 1.66. The predicted octanol–water partition coefficient (Wildman–Crippen LogP) is 3.88. The van der Waals surface area contributed by atoms with Crippen molar-refractivity contribution in [1.29, 1.82) is 0 Å². The Kier molecular flexibility index (Phi) is 10.9. The lowest BCUT2D eigenvalue weighted by Crippen LogP contribution is -2.41. The van der Waals surface area contributed by atoms with E-state index in [2.05, 4.69) is 20.6 Å². The molecule has 8 heteroatoms. The number of nitrogens with zero attached hydrogens (tertiary/aromatic N) is 2. The van der Waals surface area contributed by atoms with Crippen molar-refractivity contribution in [3.05, 3.63) is 53.3 Å². The molecule has 6 nitrogen and oxygen atoms in total. The Balaban J connectivity index is 0.00000364. The molecule has 2 aromatic rings. The van der Waals surface area contributed by atoms with Crippen molar-refractivity contribution < 1.29 is 9.47 Å². The van der Waals surface area contributed by atoms with Crippen molar-refractivity contribution in [1.82, 2.24) is 15.6 Å². The Labute approximate surface area is 182 Å². The van der Waals surface area contributed by atoms with E-state index >= 15 is 0 Å². The minimum absolute atomic E-state index is 0. The number of halogens is 2. The van der Waals surface area contributed by atoms with Crippen molar-refractivity contribution in [2.75, 3.05) is 20.2 Å². The zero-order valence-electron chi connectivity index (χ0n) is 15.7. The lowest BCUT2D eigenvalue weighted by Gasteiger charge is -2.19. The van der Waals surface area contributed by atoms with Gasteiger partial charge in [-0.15, -0.1) is 24.0 Å². The maximum absolute atomic E-state index is 5.95. The third-order valence-electron chi connectivity index (χ3n) is 3.51. The standard InChI is InChI=1S/C19H25ClN4O2.HI/c1-4-21-19(24-13-15-9-10-18(20)22-12-15)23-11-14(2)26-17-8-6-5-7-16(17)25-3;/h5-10,12,14H,4,11,13H2,1-3H3,(H2,21,23,24);1H. The number of hydrogen-bond acceptors (Lipinski definition) is 4. The molecule has 0 aliphatic rings. The zero-order valence-corrected chi connectivity index (χ0v) is 18.8. The summed E-state index contributed by atoms with van der Waals surface area (Å²) in [5.74, 6) is 2.16. The lowest BCUT2D eigenvalue weighted by atomic mass is 10.3. The minimum atomic E-state index is -0.0626. The van der Waals surface area contributed by atoms with Crippen LogP contribution in [0, 0.1) is 0 Å². The van der Waals surface area contributed by atoms with E-state index in [9.17, 15) is 0 Å². The first-order valence-corrected chi connectivity index (χ1v) is 8.92. The molecule has 1 atom stereocenters. The minimum Gasteiger partial charge on any atom is -0.493 e. The number of aliphatic imine (C=N–C) groups is 1. The van der Waals surface area contributed by atoms with Gasteiger partial charge in [0.1, 0.15) is 11.3 Å². The van der Waals surface area contributed by atoms with E-state index < -0.39 is 0 Å². The van der Waals surface area contributed by atoms with Gasteiger partial charge in [-0.05, 0) is 37.6 Å². The number of hydrogen-bond donors (Lipinski definition) is 2. The molecule has 0 radical (unpaired) electrons. The molecule has 0 aliphatic carbocycles. The van der Waals surface area contributed by atoms with E-state index in [0.717, 1.165) is 29.6 Å². The Morgan fingerprint density at radius 3 is 2.56 bits per heavy atom. The number of ether oxygens (including phenoxy) is 2. The molecule has 0 saturated carbocycles. The molecular weight excluding hydrogens is 479 g/mol. The molecule has 148 valence electrons. The number of para-hydroxylation sites is 2. The van der Waals surface area contributed by atoms with Crippen LogP contribution in [0.25, 0.3) is 0 Å². The largest absolute Gasteiger partial charge is 0.493 e. The van der Waals surface area contributed by atoms with Gasteiger partial charge in [-0.2, -0.15) is 0 Å². The average Bonchev–Trinajstić information content (AvgIpc) is 2.65. The van der Waals surface area contributed by atoms with Crippen LogP contribution in [-0.2, 0) is 6.54 Å². The molecule has 27 heavy (non-hydrogen) atoms. The van der Waals surface area contributed by atoms with Crippen molar-refractivity contribution in [3.8, 4) is 11.5 Å². The monoisotopic (exact) mass is 504 g/mol. The van der Waals surface area contributed by atoms with Gasteiger partial charge in [0.2, 0.25) is 0 Å². The maximum Gasteiger partial charge on any atom is 0.191 e. The first-order chi connectivity index (χ1) is 12.6. The van der Waals surface area contributed by atoms with Gasteiger partial charge in [0, 0.05) is 12.7 Å². The average molecular weight is 505 g/mol. The van der Waals surface area contributed by atoms with E-state index in [4.69, 9.17) is 21.1 Å². The summed E-state index contributed by atoms with van der Waals surface area (Å²) in [5, 5.41) is 6.98. The number of aromatic nitrogens is 1. The summed E-state index contributed by atoms with van der Waals surface area (Å²) in [4.78, 5) is 8.62. The Bertz CT molecular complexity index is 713. The molecule has 0 saturated heterocycles. The van der Waals surface area contributed by atoms with Crippen LogP contribution in [-0.4, -0.2) is 37.2 Å². The van der Waals surface area contributed by atoms with Crippen molar-refractivity contribution in [3.63, 3.8) is 0 Å². The summed E-state index contributed by atoms with van der Waals surface area (Å²) in [5.41, 5.74) is 0.991. The molecule has 1 heterocycles. The molecule has 1 aromatic carbocycles. The van der Waals surface area contributed by atoms with E-state index in [1.807, 2.05) is 44.2 Å². The maximum atomic E-state index is 5.95. The highest BCUT2D eigenvalue weighted by molar-refractivity contribution is 14.0. The smallest absolute Gasteiger partial charge is 0.191 e. The molecular formula is C19H26ClIN4O2. The van der Waals surface area contributed by atoms with E-state index in [1.54, 1.807) is 19.4 Å². The number of pyridine rings is 1. The molecule has 0 aliphatic heterocycles. The van der Waals surface area contributed by atoms with Crippen LogP contribution in [0.2, 0.25) is 5.15 Å². The molecule has 0 bridgehead atoms. The van der Waals surface area contributed by atoms with Gasteiger partial charge in [0.15, 0.2) is 17.5 Å². The summed E-state index contributed by atoms with van der Waals surface area (Å²) >= 11 is 5.80. The van der Waals surface area contributed by atoms with E-state index in [-0.39, 0.29) is 30.1 Å². The van der Waals surface area contributed by atoms with Crippen molar-refractivity contribution >= 4 is 41.5 Å². The molecule has 2 rings (SSSR count). The molecule has 0 amide bonds.